The van der Waals surface area contributed by atoms with Gasteiger partial charge in [0.2, 0.25) is 0 Å². The highest BCUT2D eigenvalue weighted by molar-refractivity contribution is 6.32. The van der Waals surface area contributed by atoms with Crippen LogP contribution < -0.4 is 10.1 Å². The van der Waals surface area contributed by atoms with Crippen LogP contribution in [0.4, 0.5) is 0 Å². The van der Waals surface area contributed by atoms with Gasteiger partial charge in [0.1, 0.15) is 5.75 Å². The molecule has 0 unspecified atom stereocenters. The summed E-state index contributed by atoms with van der Waals surface area (Å²) in [4.78, 5) is 0. The SMILES string of the molecule is CCCNCC(C)(C)COc1cc(C)c(Cl)c(C)c1. The lowest BCUT2D eigenvalue weighted by Crippen LogP contribution is -2.34. The Kier molecular flexibility index (Phi) is 6.15. The van der Waals surface area contributed by atoms with Crippen LogP contribution in [0.3, 0.4) is 0 Å². The third-order valence-electron chi connectivity index (χ3n) is 3.07. The highest BCUT2D eigenvalue weighted by Crippen LogP contribution is 2.27. The molecule has 0 radical (unpaired) electrons. The zero-order valence-corrected chi connectivity index (χ0v) is 13.5. The molecule has 1 aromatic carbocycles. The third kappa shape index (κ3) is 5.42. The molecule has 0 spiro atoms. The monoisotopic (exact) mass is 283 g/mol. The maximum absolute atomic E-state index is 6.16. The van der Waals surface area contributed by atoms with Gasteiger partial charge in [-0.15, -0.1) is 0 Å². The molecule has 0 aliphatic carbocycles. The molecule has 3 heteroatoms. The second-order valence-corrected chi connectivity index (χ2v) is 6.38. The van der Waals surface area contributed by atoms with Crippen molar-refractivity contribution in [3.05, 3.63) is 28.3 Å². The Hall–Kier alpha value is -0.730. The van der Waals surface area contributed by atoms with Crippen molar-refractivity contribution in [1.29, 1.82) is 0 Å². The van der Waals surface area contributed by atoms with E-state index in [4.69, 9.17) is 16.3 Å². The molecule has 0 aliphatic heterocycles. The predicted molar refractivity (Wildman–Crippen MR) is 83.4 cm³/mol. The number of nitrogens with one attached hydrogen (secondary N) is 1. The van der Waals surface area contributed by atoms with Gasteiger partial charge in [0.15, 0.2) is 0 Å². The van der Waals surface area contributed by atoms with Gasteiger partial charge in [-0.3, -0.25) is 0 Å². The smallest absolute Gasteiger partial charge is 0.119 e. The summed E-state index contributed by atoms with van der Waals surface area (Å²) in [5.74, 6) is 0.906. The Bertz CT molecular complexity index is 392. The van der Waals surface area contributed by atoms with Gasteiger partial charge in [0.25, 0.3) is 0 Å². The molecule has 108 valence electrons. The van der Waals surface area contributed by atoms with Crippen LogP contribution in [-0.2, 0) is 0 Å². The van der Waals surface area contributed by atoms with Crippen LogP contribution in [0.15, 0.2) is 12.1 Å². The molecule has 2 nitrogen and oxygen atoms in total. The van der Waals surface area contributed by atoms with Crippen LogP contribution in [0.1, 0.15) is 38.3 Å². The maximum atomic E-state index is 6.16. The van der Waals surface area contributed by atoms with E-state index in [1.807, 2.05) is 26.0 Å². The highest BCUT2D eigenvalue weighted by Gasteiger charge is 2.18. The summed E-state index contributed by atoms with van der Waals surface area (Å²) in [5, 5.41) is 4.27. The number of ether oxygens (including phenoxy) is 1. The van der Waals surface area contributed by atoms with Crippen molar-refractivity contribution in [2.45, 2.75) is 41.0 Å². The molecular formula is C16H26ClNO. The van der Waals surface area contributed by atoms with Gasteiger partial charge in [0.05, 0.1) is 6.61 Å². The second-order valence-electron chi connectivity index (χ2n) is 6.00. The quantitative estimate of drug-likeness (QED) is 0.751. The second kappa shape index (κ2) is 7.16. The molecule has 0 fully saturated rings. The Balaban J connectivity index is 2.56. The number of hydrogen-bond donors (Lipinski definition) is 1. The summed E-state index contributed by atoms with van der Waals surface area (Å²) < 4.78 is 5.92. The van der Waals surface area contributed by atoms with Crippen LogP contribution in [0.5, 0.6) is 5.75 Å². The number of rotatable bonds is 7. The van der Waals surface area contributed by atoms with E-state index in [0.717, 1.165) is 41.4 Å². The first-order valence-corrected chi connectivity index (χ1v) is 7.34. The van der Waals surface area contributed by atoms with E-state index in [1.54, 1.807) is 0 Å². The number of benzene rings is 1. The van der Waals surface area contributed by atoms with Crippen molar-refractivity contribution in [3.63, 3.8) is 0 Å². The maximum Gasteiger partial charge on any atom is 0.119 e. The van der Waals surface area contributed by atoms with Crippen molar-refractivity contribution in [1.82, 2.24) is 5.32 Å². The summed E-state index contributed by atoms with van der Waals surface area (Å²) in [6.45, 7) is 13.3. The first-order chi connectivity index (χ1) is 8.85. The number of halogens is 1. The summed E-state index contributed by atoms with van der Waals surface area (Å²) >= 11 is 6.16. The minimum absolute atomic E-state index is 0.122. The predicted octanol–water partition coefficient (Wildman–Crippen LogP) is 4.36. The topological polar surface area (TPSA) is 21.3 Å². The molecular weight excluding hydrogens is 258 g/mol. The van der Waals surface area contributed by atoms with E-state index >= 15 is 0 Å². The van der Waals surface area contributed by atoms with Gasteiger partial charge < -0.3 is 10.1 Å². The zero-order valence-electron chi connectivity index (χ0n) is 12.8. The lowest BCUT2D eigenvalue weighted by Gasteiger charge is -2.25. The van der Waals surface area contributed by atoms with Crippen molar-refractivity contribution in [2.24, 2.45) is 5.41 Å². The van der Waals surface area contributed by atoms with Gasteiger partial charge in [-0.25, -0.2) is 0 Å². The Morgan fingerprint density at radius 1 is 1.21 bits per heavy atom. The van der Waals surface area contributed by atoms with Crippen LogP contribution in [0.2, 0.25) is 5.02 Å². The molecule has 0 aromatic heterocycles. The van der Waals surface area contributed by atoms with E-state index in [0.29, 0.717) is 6.61 Å². The fraction of sp³-hybridized carbons (Fsp3) is 0.625. The molecule has 1 N–H and O–H groups in total. The summed E-state index contributed by atoms with van der Waals surface area (Å²) in [6.07, 6.45) is 1.16. The van der Waals surface area contributed by atoms with Crippen LogP contribution in [-0.4, -0.2) is 19.7 Å². The first-order valence-electron chi connectivity index (χ1n) is 6.96. The standard InChI is InChI=1S/C16H26ClNO/c1-6-7-18-10-16(4,5)11-19-14-8-12(2)15(17)13(3)9-14/h8-9,18H,6-7,10-11H2,1-5H3. The normalized spacial score (nSPS) is 11.7. The molecule has 0 saturated heterocycles. The summed E-state index contributed by atoms with van der Waals surface area (Å²) in [5.41, 5.74) is 2.26. The first kappa shape index (κ1) is 16.3. The fourth-order valence-electron chi connectivity index (χ4n) is 1.92. The Labute approximate surface area is 122 Å². The Morgan fingerprint density at radius 2 is 1.79 bits per heavy atom. The summed E-state index contributed by atoms with van der Waals surface area (Å²) in [6, 6.07) is 4.01. The Morgan fingerprint density at radius 3 is 2.32 bits per heavy atom. The molecule has 1 rings (SSSR count). The highest BCUT2D eigenvalue weighted by atomic mass is 35.5. The largest absolute Gasteiger partial charge is 0.493 e. The van der Waals surface area contributed by atoms with E-state index in [9.17, 15) is 0 Å². The van der Waals surface area contributed by atoms with Gasteiger partial charge >= 0.3 is 0 Å². The van der Waals surface area contributed by atoms with Crippen LogP contribution >= 0.6 is 11.6 Å². The average molecular weight is 284 g/mol. The fourth-order valence-corrected chi connectivity index (χ4v) is 2.03. The van der Waals surface area contributed by atoms with Crippen LogP contribution in [0.25, 0.3) is 0 Å². The number of aryl methyl sites for hydroxylation is 2. The molecule has 19 heavy (non-hydrogen) atoms. The lowest BCUT2D eigenvalue weighted by atomic mass is 9.95. The zero-order chi connectivity index (χ0) is 14.5. The minimum atomic E-state index is 0.122. The summed E-state index contributed by atoms with van der Waals surface area (Å²) in [7, 11) is 0. The lowest BCUT2D eigenvalue weighted by molar-refractivity contribution is 0.176. The van der Waals surface area contributed by atoms with E-state index in [2.05, 4.69) is 26.1 Å². The van der Waals surface area contributed by atoms with Gasteiger partial charge in [-0.1, -0.05) is 32.4 Å². The van der Waals surface area contributed by atoms with Gasteiger partial charge in [-0.05, 0) is 50.1 Å². The van der Waals surface area contributed by atoms with Crippen molar-refractivity contribution in [2.75, 3.05) is 19.7 Å². The van der Waals surface area contributed by atoms with Crippen molar-refractivity contribution >= 4 is 11.6 Å². The molecule has 0 aliphatic rings. The molecule has 0 atom stereocenters. The van der Waals surface area contributed by atoms with Crippen molar-refractivity contribution in [3.8, 4) is 5.75 Å². The molecule has 0 bridgehead atoms. The number of hydrogen-bond acceptors (Lipinski definition) is 2. The third-order valence-corrected chi connectivity index (χ3v) is 3.67. The van der Waals surface area contributed by atoms with E-state index < -0.39 is 0 Å². The minimum Gasteiger partial charge on any atom is -0.493 e. The average Bonchev–Trinajstić information content (AvgIpc) is 2.33. The molecule has 1 aromatic rings. The molecule has 0 saturated carbocycles. The molecule has 0 amide bonds. The van der Waals surface area contributed by atoms with Gasteiger partial charge in [-0.2, -0.15) is 0 Å². The van der Waals surface area contributed by atoms with Gasteiger partial charge in [0, 0.05) is 17.0 Å². The van der Waals surface area contributed by atoms with E-state index in [1.165, 1.54) is 0 Å². The van der Waals surface area contributed by atoms with Crippen LogP contribution in [0, 0.1) is 19.3 Å². The van der Waals surface area contributed by atoms with Crippen molar-refractivity contribution < 1.29 is 4.74 Å². The van der Waals surface area contributed by atoms with E-state index in [-0.39, 0.29) is 5.41 Å². The molecule has 0 heterocycles.